The number of amides is 3. The Morgan fingerprint density at radius 3 is 2.09 bits per heavy atom. The maximum atomic E-state index is 12.5. The summed E-state index contributed by atoms with van der Waals surface area (Å²) in [6.45, 7) is 7.03. The maximum absolute atomic E-state index is 12.5. The zero-order chi connectivity index (χ0) is 17.2. The Labute approximate surface area is 139 Å². The lowest BCUT2D eigenvalue weighted by molar-refractivity contribution is 0.0141. The Morgan fingerprint density at radius 2 is 1.57 bits per heavy atom. The van der Waals surface area contributed by atoms with E-state index in [1.807, 2.05) is 20.8 Å². The van der Waals surface area contributed by atoms with Crippen LogP contribution in [-0.4, -0.2) is 59.5 Å². The molecule has 0 unspecified atom stereocenters. The first kappa shape index (κ1) is 17.3. The van der Waals surface area contributed by atoms with E-state index < -0.39 is 11.5 Å². The molecule has 1 aliphatic rings. The molecule has 3 amide bonds. The van der Waals surface area contributed by atoms with Gasteiger partial charge in [0.1, 0.15) is 5.60 Å². The van der Waals surface area contributed by atoms with Gasteiger partial charge in [-0.05, 0) is 20.8 Å². The predicted octanol–water partition coefficient (Wildman–Crippen LogP) is 1.54. The van der Waals surface area contributed by atoms with Gasteiger partial charge < -0.3 is 20.3 Å². The fourth-order valence-corrected chi connectivity index (χ4v) is 3.05. The van der Waals surface area contributed by atoms with Crippen LogP contribution in [0.1, 0.15) is 41.5 Å². The van der Waals surface area contributed by atoms with Crippen molar-refractivity contribution in [1.82, 2.24) is 9.80 Å². The predicted molar refractivity (Wildman–Crippen MR) is 86.5 cm³/mol. The van der Waals surface area contributed by atoms with Gasteiger partial charge in [-0.2, -0.15) is 11.3 Å². The first-order valence-electron chi connectivity index (χ1n) is 7.32. The second-order valence-corrected chi connectivity index (χ2v) is 7.07. The summed E-state index contributed by atoms with van der Waals surface area (Å²) < 4.78 is 5.32. The minimum atomic E-state index is -0.609. The number of ether oxygens (including phenoxy) is 1. The second kappa shape index (κ2) is 6.57. The Hall–Kier alpha value is -2.09. The molecule has 1 aliphatic heterocycles. The van der Waals surface area contributed by atoms with Crippen LogP contribution in [0, 0.1) is 0 Å². The molecule has 0 aliphatic carbocycles. The molecular weight excluding hydrogens is 318 g/mol. The lowest BCUT2D eigenvalue weighted by atomic mass is 10.1. The molecule has 2 N–H and O–H groups in total. The van der Waals surface area contributed by atoms with E-state index in [1.165, 1.54) is 11.3 Å². The first-order chi connectivity index (χ1) is 10.7. The summed E-state index contributed by atoms with van der Waals surface area (Å²) in [6.07, 6.45) is -0.377. The van der Waals surface area contributed by atoms with Gasteiger partial charge in [-0.25, -0.2) is 4.79 Å². The zero-order valence-corrected chi connectivity index (χ0v) is 14.3. The van der Waals surface area contributed by atoms with Gasteiger partial charge in [0.25, 0.3) is 5.91 Å². The summed E-state index contributed by atoms with van der Waals surface area (Å²) in [5.41, 5.74) is 5.30. The van der Waals surface area contributed by atoms with E-state index in [1.54, 1.807) is 20.6 Å². The van der Waals surface area contributed by atoms with Crippen molar-refractivity contribution in [2.75, 3.05) is 26.2 Å². The number of nitrogens with two attached hydrogens (primary N) is 1. The average molecular weight is 339 g/mol. The normalized spacial score (nSPS) is 15.4. The van der Waals surface area contributed by atoms with Crippen molar-refractivity contribution in [3.05, 3.63) is 21.9 Å². The Kier molecular flexibility index (Phi) is 4.93. The van der Waals surface area contributed by atoms with Gasteiger partial charge in [-0.3, -0.25) is 9.59 Å². The molecule has 8 heteroatoms. The largest absolute Gasteiger partial charge is 0.444 e. The molecule has 1 aromatic rings. The molecule has 1 aromatic heterocycles. The van der Waals surface area contributed by atoms with Crippen LogP contribution in [0.15, 0.2) is 10.8 Å². The molecule has 0 radical (unpaired) electrons. The SMILES string of the molecule is CC(C)(C)OC(=O)N1CCN(C(=O)c2cscc2C(N)=O)CC1. The molecule has 1 saturated heterocycles. The molecule has 0 saturated carbocycles. The van der Waals surface area contributed by atoms with Gasteiger partial charge in [0.05, 0.1) is 11.1 Å². The minimum absolute atomic E-state index is 0.233. The quantitative estimate of drug-likeness (QED) is 0.884. The molecule has 0 bridgehead atoms. The van der Waals surface area contributed by atoms with Crippen molar-refractivity contribution < 1.29 is 19.1 Å². The van der Waals surface area contributed by atoms with E-state index in [0.29, 0.717) is 31.7 Å². The van der Waals surface area contributed by atoms with Crippen LogP contribution in [0.2, 0.25) is 0 Å². The van der Waals surface area contributed by atoms with Crippen molar-refractivity contribution in [3.8, 4) is 0 Å². The number of nitrogens with zero attached hydrogens (tertiary/aromatic N) is 2. The molecule has 1 fully saturated rings. The number of hydrogen-bond donors (Lipinski definition) is 1. The standard InChI is InChI=1S/C15H21N3O4S/c1-15(2,3)22-14(21)18-6-4-17(5-7-18)13(20)11-9-23-8-10(11)12(16)19/h8-9H,4-7H2,1-3H3,(H2,16,19). The Bertz CT molecular complexity index is 612. The number of carbonyl (C=O) groups excluding carboxylic acids is 3. The minimum Gasteiger partial charge on any atom is -0.444 e. The van der Waals surface area contributed by atoms with Gasteiger partial charge in [0.15, 0.2) is 0 Å². The summed E-state index contributed by atoms with van der Waals surface area (Å²) in [5, 5.41) is 3.20. The van der Waals surface area contributed by atoms with Crippen LogP contribution in [0.4, 0.5) is 4.79 Å². The summed E-state index contributed by atoms with van der Waals surface area (Å²) >= 11 is 1.27. The fraction of sp³-hybridized carbons (Fsp3) is 0.533. The smallest absolute Gasteiger partial charge is 0.410 e. The molecule has 23 heavy (non-hydrogen) atoms. The molecule has 0 spiro atoms. The highest BCUT2D eigenvalue weighted by Crippen LogP contribution is 2.18. The van der Waals surface area contributed by atoms with Crippen LogP contribution >= 0.6 is 11.3 Å². The number of primary amides is 1. The van der Waals surface area contributed by atoms with Gasteiger partial charge >= 0.3 is 6.09 Å². The highest BCUT2D eigenvalue weighted by atomic mass is 32.1. The van der Waals surface area contributed by atoms with Gasteiger partial charge in [0.2, 0.25) is 5.91 Å². The van der Waals surface area contributed by atoms with Crippen molar-refractivity contribution in [2.24, 2.45) is 5.73 Å². The lowest BCUT2D eigenvalue weighted by Gasteiger charge is -2.35. The van der Waals surface area contributed by atoms with Crippen molar-refractivity contribution in [1.29, 1.82) is 0 Å². The monoisotopic (exact) mass is 339 g/mol. The average Bonchev–Trinajstić information content (AvgIpc) is 2.94. The number of hydrogen-bond acceptors (Lipinski definition) is 5. The third kappa shape index (κ3) is 4.22. The molecule has 2 rings (SSSR count). The second-order valence-electron chi connectivity index (χ2n) is 6.32. The van der Waals surface area contributed by atoms with E-state index in [9.17, 15) is 14.4 Å². The fourth-order valence-electron chi connectivity index (χ4n) is 2.24. The van der Waals surface area contributed by atoms with Crippen molar-refractivity contribution >= 4 is 29.2 Å². The van der Waals surface area contributed by atoms with Crippen LogP contribution in [-0.2, 0) is 4.74 Å². The van der Waals surface area contributed by atoms with Crippen LogP contribution in [0.25, 0.3) is 0 Å². The van der Waals surface area contributed by atoms with Crippen LogP contribution in [0.5, 0.6) is 0 Å². The maximum Gasteiger partial charge on any atom is 0.410 e. The topological polar surface area (TPSA) is 92.9 Å². The number of carbonyl (C=O) groups is 3. The van der Waals surface area contributed by atoms with E-state index in [-0.39, 0.29) is 17.6 Å². The van der Waals surface area contributed by atoms with Crippen molar-refractivity contribution in [3.63, 3.8) is 0 Å². The highest BCUT2D eigenvalue weighted by molar-refractivity contribution is 7.08. The summed E-state index contributed by atoms with van der Waals surface area (Å²) in [6, 6.07) is 0. The Balaban J connectivity index is 1.96. The third-order valence-electron chi connectivity index (χ3n) is 3.38. The van der Waals surface area contributed by atoms with E-state index in [2.05, 4.69) is 0 Å². The molecular formula is C15H21N3O4S. The zero-order valence-electron chi connectivity index (χ0n) is 13.5. The summed E-state index contributed by atoms with van der Waals surface area (Å²) in [5.74, 6) is -0.842. The van der Waals surface area contributed by atoms with Gasteiger partial charge in [-0.15, -0.1) is 0 Å². The molecule has 0 atom stereocenters. The summed E-state index contributed by atoms with van der Waals surface area (Å²) in [4.78, 5) is 39.0. The highest BCUT2D eigenvalue weighted by Gasteiger charge is 2.29. The van der Waals surface area contributed by atoms with Crippen molar-refractivity contribution in [2.45, 2.75) is 26.4 Å². The lowest BCUT2D eigenvalue weighted by Crippen LogP contribution is -2.51. The van der Waals surface area contributed by atoms with E-state index >= 15 is 0 Å². The van der Waals surface area contributed by atoms with E-state index in [0.717, 1.165) is 0 Å². The first-order valence-corrected chi connectivity index (χ1v) is 8.26. The molecule has 0 aromatic carbocycles. The van der Waals surface area contributed by atoms with E-state index in [4.69, 9.17) is 10.5 Å². The third-order valence-corrected chi connectivity index (χ3v) is 4.12. The van der Waals surface area contributed by atoms with Gasteiger partial charge in [-0.1, -0.05) is 0 Å². The number of rotatable bonds is 2. The van der Waals surface area contributed by atoms with Crippen LogP contribution in [0.3, 0.4) is 0 Å². The van der Waals surface area contributed by atoms with Crippen LogP contribution < -0.4 is 5.73 Å². The summed E-state index contributed by atoms with van der Waals surface area (Å²) in [7, 11) is 0. The molecule has 7 nitrogen and oxygen atoms in total. The number of piperazine rings is 1. The Morgan fingerprint density at radius 1 is 1.04 bits per heavy atom. The van der Waals surface area contributed by atoms with Gasteiger partial charge in [0, 0.05) is 36.9 Å². The molecule has 2 heterocycles. The number of thiophene rings is 1. The molecule has 126 valence electrons.